The third-order valence-corrected chi connectivity index (χ3v) is 8.21. The van der Waals surface area contributed by atoms with Crippen molar-refractivity contribution in [3.05, 3.63) is 0 Å². The van der Waals surface area contributed by atoms with Gasteiger partial charge in [0.2, 0.25) is 0 Å². The zero-order valence-corrected chi connectivity index (χ0v) is 16.2. The van der Waals surface area contributed by atoms with E-state index in [1.165, 1.54) is 32.1 Å². The van der Waals surface area contributed by atoms with Crippen LogP contribution in [0.4, 0.5) is 0 Å². The highest BCUT2D eigenvalue weighted by Gasteiger charge is 2.59. The van der Waals surface area contributed by atoms with Crippen LogP contribution in [-0.4, -0.2) is 11.6 Å². The fourth-order valence-corrected chi connectivity index (χ4v) is 6.00. The zero-order chi connectivity index (χ0) is 17.2. The van der Waals surface area contributed by atoms with E-state index in [1.54, 1.807) is 0 Å². The summed E-state index contributed by atoms with van der Waals surface area (Å²) in [6.45, 7) is 15.2. The average molecular weight is 321 g/mol. The van der Waals surface area contributed by atoms with Gasteiger partial charge in [-0.05, 0) is 81.0 Å². The van der Waals surface area contributed by atoms with Crippen LogP contribution in [0.1, 0.15) is 80.6 Å². The van der Waals surface area contributed by atoms with Crippen molar-refractivity contribution in [1.82, 2.24) is 0 Å². The molecule has 0 saturated heterocycles. The predicted molar refractivity (Wildman–Crippen MR) is 93.9 cm³/mol. The Kier molecular flexibility index (Phi) is 3.93. The first-order chi connectivity index (χ1) is 10.5. The Hall–Kier alpha value is -0.530. The monoisotopic (exact) mass is 320 g/mol. The van der Waals surface area contributed by atoms with Gasteiger partial charge in [0.1, 0.15) is 5.60 Å². The van der Waals surface area contributed by atoms with Gasteiger partial charge >= 0.3 is 5.97 Å². The lowest BCUT2D eigenvalue weighted by molar-refractivity contribution is -0.219. The predicted octanol–water partition coefficient (Wildman–Crippen LogP) is 5.45. The van der Waals surface area contributed by atoms with Crippen LogP contribution < -0.4 is 0 Å². The third kappa shape index (κ3) is 2.46. The second-order valence-electron chi connectivity index (χ2n) is 10.5. The molecule has 4 rings (SSSR count). The Morgan fingerprint density at radius 2 is 1.39 bits per heavy atom. The molecule has 4 fully saturated rings. The minimum Gasteiger partial charge on any atom is -0.458 e. The second-order valence-corrected chi connectivity index (χ2v) is 10.5. The zero-order valence-electron chi connectivity index (χ0n) is 16.2. The van der Waals surface area contributed by atoms with E-state index in [0.29, 0.717) is 11.8 Å². The minimum atomic E-state index is -0.440. The summed E-state index contributed by atoms with van der Waals surface area (Å²) in [4.78, 5) is 13.3. The molecule has 0 aromatic carbocycles. The number of hydrogen-bond donors (Lipinski definition) is 0. The van der Waals surface area contributed by atoms with E-state index < -0.39 is 5.41 Å². The van der Waals surface area contributed by atoms with Gasteiger partial charge in [0.15, 0.2) is 0 Å². The van der Waals surface area contributed by atoms with E-state index in [9.17, 15) is 4.79 Å². The van der Waals surface area contributed by atoms with Gasteiger partial charge in [-0.3, -0.25) is 4.79 Å². The summed E-state index contributed by atoms with van der Waals surface area (Å²) in [6, 6.07) is 0. The summed E-state index contributed by atoms with van der Waals surface area (Å²) in [5.74, 6) is 3.32. The molecule has 0 aromatic rings. The molecule has 4 saturated carbocycles. The van der Waals surface area contributed by atoms with Crippen LogP contribution in [0, 0.1) is 40.4 Å². The van der Waals surface area contributed by atoms with Gasteiger partial charge in [0.25, 0.3) is 0 Å². The van der Waals surface area contributed by atoms with Crippen molar-refractivity contribution in [2.45, 2.75) is 86.2 Å². The first kappa shape index (κ1) is 17.3. The van der Waals surface area contributed by atoms with Gasteiger partial charge in [-0.1, -0.05) is 34.6 Å². The number of carbonyl (C=O) groups excluding carboxylic acids is 1. The SMILES string of the molecule is CC(C)C(C)(C(=O)OC1(C)C2CC3CC(C2)CC1C3)C(C)(C)C. The van der Waals surface area contributed by atoms with Crippen LogP contribution in [0.3, 0.4) is 0 Å². The highest BCUT2D eigenvalue weighted by molar-refractivity contribution is 5.78. The molecule has 4 aliphatic carbocycles. The van der Waals surface area contributed by atoms with E-state index >= 15 is 0 Å². The van der Waals surface area contributed by atoms with Crippen molar-refractivity contribution in [3.8, 4) is 0 Å². The van der Waals surface area contributed by atoms with Gasteiger partial charge in [-0.15, -0.1) is 0 Å². The maximum absolute atomic E-state index is 13.3. The first-order valence-electron chi connectivity index (χ1n) is 9.72. The molecule has 2 heteroatoms. The average Bonchev–Trinajstić information content (AvgIpc) is 2.41. The summed E-state index contributed by atoms with van der Waals surface area (Å²) in [7, 11) is 0. The summed E-state index contributed by atoms with van der Waals surface area (Å²) in [5.41, 5.74) is -0.753. The molecular formula is C21H36O2. The van der Waals surface area contributed by atoms with Gasteiger partial charge in [0.05, 0.1) is 5.41 Å². The van der Waals surface area contributed by atoms with Crippen LogP contribution in [0.2, 0.25) is 0 Å². The largest absolute Gasteiger partial charge is 0.458 e. The Bertz CT molecular complexity index is 457. The normalized spacial score (nSPS) is 41.9. The highest BCUT2D eigenvalue weighted by atomic mass is 16.6. The van der Waals surface area contributed by atoms with Gasteiger partial charge < -0.3 is 4.74 Å². The summed E-state index contributed by atoms with van der Waals surface area (Å²) < 4.78 is 6.43. The topological polar surface area (TPSA) is 26.3 Å². The Morgan fingerprint density at radius 1 is 0.957 bits per heavy atom. The van der Waals surface area contributed by atoms with Crippen molar-refractivity contribution in [2.24, 2.45) is 40.4 Å². The number of carbonyl (C=O) groups is 1. The number of hydrogen-bond acceptors (Lipinski definition) is 2. The number of ether oxygens (including phenoxy) is 1. The van der Waals surface area contributed by atoms with Crippen LogP contribution in [0.5, 0.6) is 0 Å². The highest BCUT2D eigenvalue weighted by Crippen LogP contribution is 2.60. The number of rotatable bonds is 3. The maximum atomic E-state index is 13.3. The fourth-order valence-electron chi connectivity index (χ4n) is 6.00. The molecule has 4 aliphatic rings. The Balaban J connectivity index is 1.84. The smallest absolute Gasteiger partial charge is 0.313 e. The summed E-state index contributed by atoms with van der Waals surface area (Å²) in [5, 5.41) is 0. The molecule has 0 aromatic heterocycles. The van der Waals surface area contributed by atoms with Crippen molar-refractivity contribution in [2.75, 3.05) is 0 Å². The molecule has 0 spiro atoms. The third-order valence-electron chi connectivity index (χ3n) is 8.21. The molecule has 4 bridgehead atoms. The van der Waals surface area contributed by atoms with Crippen LogP contribution in [0.15, 0.2) is 0 Å². The molecule has 0 aliphatic heterocycles. The van der Waals surface area contributed by atoms with E-state index in [-0.39, 0.29) is 22.9 Å². The van der Waals surface area contributed by atoms with E-state index in [2.05, 4.69) is 48.5 Å². The lowest BCUT2D eigenvalue weighted by Gasteiger charge is -2.60. The van der Waals surface area contributed by atoms with Gasteiger partial charge in [-0.25, -0.2) is 0 Å². The molecule has 0 N–H and O–H groups in total. The molecule has 132 valence electrons. The molecule has 2 nitrogen and oxygen atoms in total. The van der Waals surface area contributed by atoms with Crippen molar-refractivity contribution >= 4 is 5.97 Å². The van der Waals surface area contributed by atoms with E-state index in [4.69, 9.17) is 4.74 Å². The minimum absolute atomic E-state index is 0.0370. The molecular weight excluding hydrogens is 284 g/mol. The van der Waals surface area contributed by atoms with E-state index in [1.807, 2.05) is 0 Å². The van der Waals surface area contributed by atoms with Gasteiger partial charge in [-0.2, -0.15) is 0 Å². The molecule has 0 radical (unpaired) electrons. The van der Waals surface area contributed by atoms with E-state index in [0.717, 1.165) is 11.8 Å². The fraction of sp³-hybridized carbons (Fsp3) is 0.952. The first-order valence-corrected chi connectivity index (χ1v) is 9.72. The second kappa shape index (κ2) is 5.23. The van der Waals surface area contributed by atoms with Crippen molar-refractivity contribution < 1.29 is 9.53 Å². The number of esters is 1. The quantitative estimate of drug-likeness (QED) is 0.646. The van der Waals surface area contributed by atoms with Crippen molar-refractivity contribution in [1.29, 1.82) is 0 Å². The molecule has 23 heavy (non-hydrogen) atoms. The van der Waals surface area contributed by atoms with Crippen LogP contribution in [-0.2, 0) is 9.53 Å². The molecule has 0 heterocycles. The van der Waals surface area contributed by atoms with Crippen LogP contribution >= 0.6 is 0 Å². The van der Waals surface area contributed by atoms with Gasteiger partial charge in [0, 0.05) is 0 Å². The molecule has 1 unspecified atom stereocenters. The maximum Gasteiger partial charge on any atom is 0.313 e. The standard InChI is InChI=1S/C21H36O2/c1-13(2)20(6,19(3,4)5)18(22)23-21(7)16-9-14-8-15(11-16)12-17(21)10-14/h13-17H,8-12H2,1-7H3. The summed E-state index contributed by atoms with van der Waals surface area (Å²) in [6.07, 6.45) is 6.56. The molecule has 1 atom stereocenters. The van der Waals surface area contributed by atoms with Crippen molar-refractivity contribution in [3.63, 3.8) is 0 Å². The lowest BCUT2D eigenvalue weighted by atomic mass is 9.50. The lowest BCUT2D eigenvalue weighted by Crippen LogP contribution is -2.60. The Labute approximate surface area is 142 Å². The summed E-state index contributed by atoms with van der Waals surface area (Å²) >= 11 is 0. The van der Waals surface area contributed by atoms with Crippen LogP contribution in [0.25, 0.3) is 0 Å². The molecule has 0 amide bonds. The Morgan fingerprint density at radius 3 is 1.74 bits per heavy atom.